The molecule has 2 N–H and O–H groups in total. The Hall–Kier alpha value is -2.87. The number of nitrogen functional groups attached to an aromatic ring is 1. The lowest BCUT2D eigenvalue weighted by atomic mass is 10.2. The van der Waals surface area contributed by atoms with Crippen molar-refractivity contribution in [2.75, 3.05) is 20.0 Å². The van der Waals surface area contributed by atoms with E-state index in [1.165, 1.54) is 0 Å². The van der Waals surface area contributed by atoms with E-state index in [-0.39, 0.29) is 0 Å². The second kappa shape index (κ2) is 5.85. The van der Waals surface area contributed by atoms with Crippen molar-refractivity contribution < 1.29 is 14.2 Å². The number of nitrogens with two attached hydrogens (primary N) is 1. The molecule has 0 bridgehead atoms. The highest BCUT2D eigenvalue weighted by Crippen LogP contribution is 2.34. The zero-order chi connectivity index (χ0) is 14.5. The van der Waals surface area contributed by atoms with Crippen LogP contribution >= 0.6 is 0 Å². The molecule has 0 saturated heterocycles. The van der Waals surface area contributed by atoms with Gasteiger partial charge in [0.15, 0.2) is 5.75 Å². The predicted octanol–water partition coefficient (Wildman–Crippen LogP) is 2.95. The van der Waals surface area contributed by atoms with Crippen LogP contribution in [0.4, 0.5) is 5.69 Å². The van der Waals surface area contributed by atoms with Crippen LogP contribution in [0.2, 0.25) is 0 Å². The van der Waals surface area contributed by atoms with Gasteiger partial charge in [0.25, 0.3) is 0 Å². The van der Waals surface area contributed by atoms with Crippen LogP contribution in [0.25, 0.3) is 0 Å². The molecule has 102 valence electrons. The molecule has 0 aliphatic carbocycles. The second-order valence-electron chi connectivity index (χ2n) is 3.98. The summed E-state index contributed by atoms with van der Waals surface area (Å²) in [4.78, 5) is 0. The molecule has 5 heteroatoms. The number of nitrogens with zero attached hydrogens (tertiary/aromatic N) is 1. The molecule has 5 nitrogen and oxygen atoms in total. The Labute approximate surface area is 117 Å². The first-order valence-electron chi connectivity index (χ1n) is 5.87. The Balaban J connectivity index is 2.37. The zero-order valence-electron chi connectivity index (χ0n) is 11.2. The van der Waals surface area contributed by atoms with Gasteiger partial charge in [-0.15, -0.1) is 0 Å². The Bertz CT molecular complexity index is 640. The molecule has 20 heavy (non-hydrogen) atoms. The fourth-order valence-corrected chi connectivity index (χ4v) is 1.70. The lowest BCUT2D eigenvalue weighted by Gasteiger charge is -2.12. The van der Waals surface area contributed by atoms with Gasteiger partial charge in [-0.3, -0.25) is 0 Å². The van der Waals surface area contributed by atoms with E-state index in [0.717, 1.165) is 0 Å². The molecule has 0 aliphatic heterocycles. The monoisotopic (exact) mass is 270 g/mol. The maximum atomic E-state index is 8.95. The van der Waals surface area contributed by atoms with Crippen LogP contribution in [0.15, 0.2) is 36.4 Å². The summed E-state index contributed by atoms with van der Waals surface area (Å²) in [5, 5.41) is 8.95. The highest BCUT2D eigenvalue weighted by Gasteiger charge is 2.09. The summed E-state index contributed by atoms with van der Waals surface area (Å²) in [6, 6.07) is 12.2. The van der Waals surface area contributed by atoms with E-state index in [2.05, 4.69) is 0 Å². The van der Waals surface area contributed by atoms with E-state index in [1.807, 2.05) is 6.07 Å². The summed E-state index contributed by atoms with van der Waals surface area (Å²) in [6.45, 7) is 0. The summed E-state index contributed by atoms with van der Waals surface area (Å²) in [5.74, 6) is 2.14. The first-order chi connectivity index (χ1) is 9.67. The van der Waals surface area contributed by atoms with Crippen molar-refractivity contribution in [2.45, 2.75) is 0 Å². The minimum absolute atomic E-state index is 0.303. The van der Waals surface area contributed by atoms with E-state index in [1.54, 1.807) is 50.6 Å². The van der Waals surface area contributed by atoms with Gasteiger partial charge >= 0.3 is 0 Å². The minimum atomic E-state index is 0.303. The number of hydrogen-bond acceptors (Lipinski definition) is 5. The first-order valence-corrected chi connectivity index (χ1v) is 5.87. The van der Waals surface area contributed by atoms with Gasteiger partial charge in [0.05, 0.1) is 25.5 Å². The van der Waals surface area contributed by atoms with Gasteiger partial charge in [-0.2, -0.15) is 5.26 Å². The summed E-state index contributed by atoms with van der Waals surface area (Å²) in [5.41, 5.74) is 6.55. The van der Waals surface area contributed by atoms with Gasteiger partial charge < -0.3 is 19.9 Å². The minimum Gasteiger partial charge on any atom is -0.496 e. The molecule has 0 aliphatic rings. The molecule has 0 atom stereocenters. The second-order valence-corrected chi connectivity index (χ2v) is 3.98. The number of para-hydroxylation sites is 1. The van der Waals surface area contributed by atoms with Crippen LogP contribution in [0.5, 0.6) is 23.0 Å². The molecular formula is C15H14N2O3. The van der Waals surface area contributed by atoms with Gasteiger partial charge in [-0.05, 0) is 12.1 Å². The molecule has 0 unspecified atom stereocenters. The summed E-state index contributed by atoms with van der Waals surface area (Å²) in [6.07, 6.45) is 0. The smallest absolute Gasteiger partial charge is 0.151 e. The van der Waals surface area contributed by atoms with Crippen molar-refractivity contribution >= 4 is 5.69 Å². The molecule has 0 fully saturated rings. The fraction of sp³-hybridized carbons (Fsp3) is 0.133. The maximum absolute atomic E-state index is 8.95. The Morgan fingerprint density at radius 2 is 1.60 bits per heavy atom. The van der Waals surface area contributed by atoms with E-state index >= 15 is 0 Å². The largest absolute Gasteiger partial charge is 0.496 e. The number of benzene rings is 2. The van der Waals surface area contributed by atoms with Crippen molar-refractivity contribution in [1.29, 1.82) is 5.26 Å². The molecule has 0 aromatic heterocycles. The van der Waals surface area contributed by atoms with Gasteiger partial charge in [-0.1, -0.05) is 6.07 Å². The normalized spacial score (nSPS) is 9.65. The molecule has 2 rings (SSSR count). The van der Waals surface area contributed by atoms with Gasteiger partial charge in [0, 0.05) is 18.2 Å². The van der Waals surface area contributed by atoms with E-state index < -0.39 is 0 Å². The first kappa shape index (κ1) is 13.6. The quantitative estimate of drug-likeness (QED) is 0.864. The number of ether oxygens (including phenoxy) is 3. The molecule has 0 spiro atoms. The van der Waals surface area contributed by atoms with Gasteiger partial charge in [-0.25, -0.2) is 0 Å². The fourth-order valence-electron chi connectivity index (χ4n) is 1.70. The molecule has 0 saturated carbocycles. The zero-order valence-corrected chi connectivity index (χ0v) is 11.2. The average Bonchev–Trinajstić information content (AvgIpc) is 2.49. The number of nitriles is 1. The van der Waals surface area contributed by atoms with Crippen LogP contribution < -0.4 is 19.9 Å². The Morgan fingerprint density at radius 1 is 1.00 bits per heavy atom. The number of hydrogen-bond donors (Lipinski definition) is 1. The Kier molecular flexibility index (Phi) is 3.96. The van der Waals surface area contributed by atoms with Crippen molar-refractivity contribution in [3.8, 4) is 29.1 Å². The average molecular weight is 270 g/mol. The highest BCUT2D eigenvalue weighted by molar-refractivity contribution is 5.64. The third-order valence-corrected chi connectivity index (χ3v) is 2.74. The molecule has 0 heterocycles. The van der Waals surface area contributed by atoms with Crippen LogP contribution in [-0.4, -0.2) is 14.2 Å². The number of anilines is 1. The van der Waals surface area contributed by atoms with E-state index in [4.69, 9.17) is 25.2 Å². The summed E-state index contributed by atoms with van der Waals surface area (Å²) in [7, 11) is 3.12. The van der Waals surface area contributed by atoms with Crippen molar-refractivity contribution in [1.82, 2.24) is 0 Å². The van der Waals surface area contributed by atoms with Crippen molar-refractivity contribution in [2.24, 2.45) is 0 Å². The van der Waals surface area contributed by atoms with Crippen LogP contribution in [0, 0.1) is 11.3 Å². The van der Waals surface area contributed by atoms with Gasteiger partial charge in [0.1, 0.15) is 23.3 Å². The molecule has 2 aromatic carbocycles. The molecule has 0 radical (unpaired) electrons. The third-order valence-electron chi connectivity index (χ3n) is 2.74. The number of rotatable bonds is 4. The summed E-state index contributed by atoms with van der Waals surface area (Å²) >= 11 is 0. The van der Waals surface area contributed by atoms with E-state index in [9.17, 15) is 0 Å². The highest BCUT2D eigenvalue weighted by atomic mass is 16.5. The molecule has 2 aromatic rings. The SMILES string of the molecule is COc1cc(OC)cc(Oc2cccc(C#N)c2N)c1. The topological polar surface area (TPSA) is 77.5 Å². The van der Waals surface area contributed by atoms with Crippen molar-refractivity contribution in [3.05, 3.63) is 42.0 Å². The van der Waals surface area contributed by atoms with E-state index in [0.29, 0.717) is 34.2 Å². The maximum Gasteiger partial charge on any atom is 0.151 e. The lowest BCUT2D eigenvalue weighted by molar-refractivity contribution is 0.386. The Morgan fingerprint density at radius 3 is 2.15 bits per heavy atom. The standard InChI is InChI=1S/C15H14N2O3/c1-18-11-6-12(19-2)8-13(7-11)20-14-5-3-4-10(9-16)15(14)17/h3-8H,17H2,1-2H3. The third kappa shape index (κ3) is 2.75. The molecular weight excluding hydrogens is 256 g/mol. The van der Waals surface area contributed by atoms with Gasteiger partial charge in [0.2, 0.25) is 0 Å². The number of methoxy groups -OCH3 is 2. The van der Waals surface area contributed by atoms with Crippen LogP contribution in [0.3, 0.4) is 0 Å². The lowest BCUT2D eigenvalue weighted by Crippen LogP contribution is -1.96. The van der Waals surface area contributed by atoms with Crippen molar-refractivity contribution in [3.63, 3.8) is 0 Å². The van der Waals surface area contributed by atoms with Crippen LogP contribution in [-0.2, 0) is 0 Å². The molecule has 0 amide bonds. The predicted molar refractivity (Wildman–Crippen MR) is 75.2 cm³/mol. The van der Waals surface area contributed by atoms with Crippen LogP contribution in [0.1, 0.15) is 5.56 Å². The summed E-state index contributed by atoms with van der Waals surface area (Å²) < 4.78 is 16.0.